The Morgan fingerprint density at radius 2 is 1.65 bits per heavy atom. The van der Waals surface area contributed by atoms with E-state index in [1.165, 1.54) is 14.2 Å². The van der Waals surface area contributed by atoms with Crippen LogP contribution >= 0.6 is 0 Å². The standard InChI is InChI=1S/C34H46N6O7S/c1-22-11-12-23(30(41)36-25-20-24(33(2,3)4)21-26(29(25)45-9)38(8)48(10,43)44)19-27(22)46-28-13-14-35-31(37-28)39-15-17-40(18-16-39)32(42)47-34(5,6)7/h11-14,19-21H,15-18H2,1-10H3,(H,36,41). The number of piperazine rings is 1. The smallest absolute Gasteiger partial charge is 0.410 e. The van der Waals surface area contributed by atoms with Crippen LogP contribution in [-0.2, 0) is 20.2 Å². The maximum atomic E-state index is 13.6. The molecule has 0 atom stereocenters. The second-order valence-corrected chi connectivity index (χ2v) is 15.8. The highest BCUT2D eigenvalue weighted by Gasteiger charge is 2.28. The van der Waals surface area contributed by atoms with E-state index in [0.29, 0.717) is 60.7 Å². The van der Waals surface area contributed by atoms with Crippen molar-refractivity contribution in [2.24, 2.45) is 0 Å². The number of hydrogen-bond donors (Lipinski definition) is 1. The lowest BCUT2D eigenvalue weighted by atomic mass is 9.86. The van der Waals surface area contributed by atoms with E-state index in [1.807, 2.05) is 53.4 Å². The first kappa shape index (κ1) is 36.2. The molecule has 1 saturated heterocycles. The number of aromatic nitrogens is 2. The molecule has 3 aromatic rings. The summed E-state index contributed by atoms with van der Waals surface area (Å²) in [5.74, 6) is 0.957. The fourth-order valence-electron chi connectivity index (χ4n) is 4.88. The first-order valence-corrected chi connectivity index (χ1v) is 17.4. The second kappa shape index (κ2) is 13.9. The highest BCUT2D eigenvalue weighted by atomic mass is 32.2. The fraction of sp³-hybridized carbons (Fsp3) is 0.471. The van der Waals surface area contributed by atoms with E-state index in [9.17, 15) is 18.0 Å². The van der Waals surface area contributed by atoms with Crippen molar-refractivity contribution in [3.05, 3.63) is 59.3 Å². The molecule has 2 heterocycles. The molecule has 0 bridgehead atoms. The molecule has 48 heavy (non-hydrogen) atoms. The summed E-state index contributed by atoms with van der Waals surface area (Å²) >= 11 is 0. The highest BCUT2D eigenvalue weighted by molar-refractivity contribution is 7.92. The Morgan fingerprint density at radius 3 is 2.23 bits per heavy atom. The number of carbonyl (C=O) groups excluding carboxylic acids is 2. The average Bonchev–Trinajstić information content (AvgIpc) is 2.99. The molecule has 2 aromatic carbocycles. The molecule has 260 valence electrons. The number of nitrogens with one attached hydrogen (secondary N) is 1. The molecule has 0 saturated carbocycles. The molecule has 1 aromatic heterocycles. The van der Waals surface area contributed by atoms with Gasteiger partial charge in [-0.2, -0.15) is 4.98 Å². The summed E-state index contributed by atoms with van der Waals surface area (Å²) in [7, 11) is -0.752. The van der Waals surface area contributed by atoms with Crippen LogP contribution in [0.15, 0.2) is 42.6 Å². The number of ether oxygens (including phenoxy) is 3. The third kappa shape index (κ3) is 8.85. The van der Waals surface area contributed by atoms with Crippen LogP contribution < -0.4 is 24.0 Å². The molecular formula is C34H46N6O7S. The van der Waals surface area contributed by atoms with Gasteiger partial charge in [-0.3, -0.25) is 9.10 Å². The minimum absolute atomic E-state index is 0.216. The predicted molar refractivity (Wildman–Crippen MR) is 186 cm³/mol. The van der Waals surface area contributed by atoms with E-state index >= 15 is 0 Å². The molecule has 1 aliphatic heterocycles. The van der Waals surface area contributed by atoms with Crippen molar-refractivity contribution >= 4 is 39.3 Å². The quantitative estimate of drug-likeness (QED) is 0.319. The maximum absolute atomic E-state index is 13.6. The van der Waals surface area contributed by atoms with Crippen molar-refractivity contribution in [3.63, 3.8) is 0 Å². The SMILES string of the molecule is COc1c(NC(=O)c2ccc(C)c(Oc3ccnc(N4CCN(C(=O)OC(C)(C)C)CC4)n3)c2)cc(C(C)(C)C)cc1N(C)S(C)(=O)=O. The average molecular weight is 683 g/mol. The van der Waals surface area contributed by atoms with Crippen LogP contribution in [-0.4, -0.2) is 87.5 Å². The predicted octanol–water partition coefficient (Wildman–Crippen LogP) is 5.59. The topological polar surface area (TPSA) is 144 Å². The van der Waals surface area contributed by atoms with Crippen molar-refractivity contribution in [2.45, 2.75) is 59.5 Å². The Balaban J connectivity index is 1.54. The number of anilines is 3. The van der Waals surface area contributed by atoms with Gasteiger partial charge < -0.3 is 29.3 Å². The number of hydrogen-bond acceptors (Lipinski definition) is 10. The third-order valence-electron chi connectivity index (χ3n) is 7.72. The Bertz CT molecular complexity index is 1780. The summed E-state index contributed by atoms with van der Waals surface area (Å²) in [6.07, 6.45) is 2.36. The van der Waals surface area contributed by atoms with Gasteiger partial charge in [0, 0.05) is 51.1 Å². The number of nitrogens with zero attached hydrogens (tertiary/aromatic N) is 5. The summed E-state index contributed by atoms with van der Waals surface area (Å²) in [4.78, 5) is 38.7. The maximum Gasteiger partial charge on any atom is 0.410 e. The van der Waals surface area contributed by atoms with Gasteiger partial charge in [-0.25, -0.2) is 18.2 Å². The van der Waals surface area contributed by atoms with Gasteiger partial charge in [0.15, 0.2) is 5.75 Å². The molecule has 0 spiro atoms. The molecule has 1 fully saturated rings. The molecule has 14 heteroatoms. The van der Waals surface area contributed by atoms with Crippen LogP contribution in [0.5, 0.6) is 17.4 Å². The summed E-state index contributed by atoms with van der Waals surface area (Å²) in [6, 6.07) is 10.2. The van der Waals surface area contributed by atoms with Gasteiger partial charge in [0.05, 0.1) is 24.7 Å². The zero-order valence-corrected chi connectivity index (χ0v) is 30.2. The van der Waals surface area contributed by atoms with E-state index in [4.69, 9.17) is 14.2 Å². The Hall–Kier alpha value is -4.59. The highest BCUT2D eigenvalue weighted by Crippen LogP contribution is 2.41. The number of carbonyl (C=O) groups is 2. The van der Waals surface area contributed by atoms with Gasteiger partial charge in [0.1, 0.15) is 11.4 Å². The van der Waals surface area contributed by atoms with Gasteiger partial charge in [-0.05, 0) is 68.5 Å². The van der Waals surface area contributed by atoms with E-state index in [-0.39, 0.29) is 17.3 Å². The number of rotatable bonds is 8. The van der Waals surface area contributed by atoms with E-state index < -0.39 is 21.5 Å². The van der Waals surface area contributed by atoms with Gasteiger partial charge >= 0.3 is 6.09 Å². The Morgan fingerprint density at radius 1 is 0.979 bits per heavy atom. The number of sulfonamides is 1. The molecular weight excluding hydrogens is 636 g/mol. The third-order valence-corrected chi connectivity index (χ3v) is 8.91. The molecule has 13 nitrogen and oxygen atoms in total. The molecule has 0 unspecified atom stereocenters. The van der Waals surface area contributed by atoms with Crippen molar-refractivity contribution in [1.82, 2.24) is 14.9 Å². The first-order chi connectivity index (χ1) is 22.3. The second-order valence-electron chi connectivity index (χ2n) is 13.7. The first-order valence-electron chi connectivity index (χ1n) is 15.6. The summed E-state index contributed by atoms with van der Waals surface area (Å²) in [5.41, 5.74) is 1.61. The lowest BCUT2D eigenvalue weighted by molar-refractivity contribution is 0.0240. The zero-order chi connectivity index (χ0) is 35.6. The van der Waals surface area contributed by atoms with Gasteiger partial charge in [-0.15, -0.1) is 0 Å². The molecule has 4 rings (SSSR count). The number of benzene rings is 2. The molecule has 0 radical (unpaired) electrons. The monoisotopic (exact) mass is 682 g/mol. The van der Waals surface area contributed by atoms with Crippen LogP contribution in [0, 0.1) is 6.92 Å². The van der Waals surface area contributed by atoms with Crippen molar-refractivity contribution in [2.75, 3.05) is 61.1 Å². The number of aryl methyl sites for hydroxylation is 1. The Kier molecular flexibility index (Phi) is 10.5. The van der Waals surface area contributed by atoms with E-state index in [0.717, 1.165) is 21.7 Å². The molecule has 0 aliphatic carbocycles. The van der Waals surface area contributed by atoms with Crippen LogP contribution in [0.25, 0.3) is 0 Å². The summed E-state index contributed by atoms with van der Waals surface area (Å²) in [5, 5.41) is 2.91. The lowest BCUT2D eigenvalue weighted by Crippen LogP contribution is -2.50. The summed E-state index contributed by atoms with van der Waals surface area (Å²) < 4.78 is 43.3. The number of amides is 2. The van der Waals surface area contributed by atoms with Crippen molar-refractivity contribution in [1.29, 1.82) is 0 Å². The Labute approximate surface area is 283 Å². The van der Waals surface area contributed by atoms with Gasteiger partial charge in [0.2, 0.25) is 21.9 Å². The normalized spacial score (nSPS) is 14.0. The van der Waals surface area contributed by atoms with Gasteiger partial charge in [-0.1, -0.05) is 26.8 Å². The molecule has 1 N–H and O–H groups in total. The lowest BCUT2D eigenvalue weighted by Gasteiger charge is -2.35. The minimum atomic E-state index is -3.62. The van der Waals surface area contributed by atoms with Crippen molar-refractivity contribution in [3.8, 4) is 17.4 Å². The minimum Gasteiger partial charge on any atom is -0.492 e. The van der Waals surface area contributed by atoms with Crippen LogP contribution in [0.2, 0.25) is 0 Å². The van der Waals surface area contributed by atoms with Gasteiger partial charge in [0.25, 0.3) is 5.91 Å². The molecule has 1 aliphatic rings. The molecule has 2 amide bonds. The fourth-order valence-corrected chi connectivity index (χ4v) is 5.37. The van der Waals surface area contributed by atoms with Crippen molar-refractivity contribution < 1.29 is 32.2 Å². The van der Waals surface area contributed by atoms with Crippen LogP contribution in [0.4, 0.5) is 22.1 Å². The van der Waals surface area contributed by atoms with Crippen LogP contribution in [0.1, 0.15) is 63.0 Å². The van der Waals surface area contributed by atoms with E-state index in [1.54, 1.807) is 47.5 Å². The van der Waals surface area contributed by atoms with E-state index in [2.05, 4.69) is 15.3 Å². The largest absolute Gasteiger partial charge is 0.492 e. The van der Waals surface area contributed by atoms with Crippen LogP contribution in [0.3, 0.4) is 0 Å². The zero-order valence-electron chi connectivity index (χ0n) is 29.4. The summed E-state index contributed by atoms with van der Waals surface area (Å²) in [6.45, 7) is 15.4. The number of methoxy groups -OCH3 is 1.